The first kappa shape index (κ1) is 10.0. The van der Waals surface area contributed by atoms with Crippen LogP contribution < -0.4 is 5.73 Å². The van der Waals surface area contributed by atoms with Crippen molar-refractivity contribution >= 4 is 0 Å². The highest BCUT2D eigenvalue weighted by molar-refractivity contribution is 4.97. The van der Waals surface area contributed by atoms with Crippen molar-refractivity contribution in [1.82, 2.24) is 0 Å². The van der Waals surface area contributed by atoms with E-state index >= 15 is 0 Å². The van der Waals surface area contributed by atoms with Crippen LogP contribution in [0.2, 0.25) is 0 Å². The van der Waals surface area contributed by atoms with Gasteiger partial charge in [0.15, 0.2) is 0 Å². The van der Waals surface area contributed by atoms with Gasteiger partial charge in [-0.15, -0.1) is 0 Å². The van der Waals surface area contributed by atoms with Gasteiger partial charge in [0.05, 0.1) is 0 Å². The summed E-state index contributed by atoms with van der Waals surface area (Å²) in [5.74, 6) is 0.740. The molecular weight excluding hydrogens is 146 g/mol. The predicted octanol–water partition coefficient (Wildman–Crippen LogP) is 2.94. The van der Waals surface area contributed by atoms with Gasteiger partial charge in [-0.1, -0.05) is 27.7 Å². The Hall–Kier alpha value is -0.0400. The summed E-state index contributed by atoms with van der Waals surface area (Å²) in [7, 11) is 0. The summed E-state index contributed by atoms with van der Waals surface area (Å²) in [5, 5.41) is 0. The molecule has 12 heavy (non-hydrogen) atoms. The summed E-state index contributed by atoms with van der Waals surface area (Å²) in [6.45, 7) is 9.20. The molecule has 1 saturated carbocycles. The highest BCUT2D eigenvalue weighted by Gasteiger charge is 2.40. The molecule has 1 heteroatoms. The van der Waals surface area contributed by atoms with Gasteiger partial charge in [-0.25, -0.2) is 0 Å². The van der Waals surface area contributed by atoms with E-state index in [1.54, 1.807) is 0 Å². The van der Waals surface area contributed by atoms with Gasteiger partial charge in [-0.2, -0.15) is 0 Å². The number of rotatable bonds is 2. The lowest BCUT2D eigenvalue weighted by atomic mass is 9.84. The van der Waals surface area contributed by atoms with E-state index in [9.17, 15) is 0 Å². The third-order valence-electron chi connectivity index (χ3n) is 2.95. The maximum absolute atomic E-state index is 6.34. The van der Waals surface area contributed by atoms with E-state index in [0.717, 1.165) is 5.92 Å². The van der Waals surface area contributed by atoms with Crippen LogP contribution in [0.1, 0.15) is 53.4 Å². The minimum absolute atomic E-state index is 0.150. The maximum Gasteiger partial charge on any atom is 0.0162 e. The van der Waals surface area contributed by atoms with Crippen molar-refractivity contribution in [2.75, 3.05) is 0 Å². The van der Waals surface area contributed by atoms with Gasteiger partial charge < -0.3 is 5.73 Å². The van der Waals surface area contributed by atoms with Crippen molar-refractivity contribution in [2.24, 2.45) is 17.1 Å². The quantitative estimate of drug-likeness (QED) is 0.675. The Morgan fingerprint density at radius 3 is 2.17 bits per heavy atom. The largest absolute Gasteiger partial charge is 0.325 e. The molecular formula is C11H23N. The van der Waals surface area contributed by atoms with Gasteiger partial charge in [0.2, 0.25) is 0 Å². The summed E-state index contributed by atoms with van der Waals surface area (Å²) in [5.41, 5.74) is 6.98. The van der Waals surface area contributed by atoms with Gasteiger partial charge in [0.1, 0.15) is 0 Å². The molecule has 1 rings (SSSR count). The Morgan fingerprint density at radius 2 is 1.83 bits per heavy atom. The van der Waals surface area contributed by atoms with Crippen LogP contribution in [0.5, 0.6) is 0 Å². The minimum Gasteiger partial charge on any atom is -0.325 e. The second-order valence-corrected chi connectivity index (χ2v) is 5.80. The SMILES string of the molecule is CC(C)CC1(N)CCC(C)(C)C1. The zero-order valence-electron chi connectivity index (χ0n) is 8.98. The summed E-state index contributed by atoms with van der Waals surface area (Å²) in [6.07, 6.45) is 4.92. The van der Waals surface area contributed by atoms with E-state index in [1.165, 1.54) is 25.7 Å². The predicted molar refractivity (Wildman–Crippen MR) is 54.0 cm³/mol. The Kier molecular flexibility index (Phi) is 2.53. The molecule has 1 nitrogen and oxygen atoms in total. The molecule has 0 saturated heterocycles. The molecule has 0 aromatic rings. The molecule has 0 heterocycles. The van der Waals surface area contributed by atoms with Crippen LogP contribution in [0.4, 0.5) is 0 Å². The summed E-state index contributed by atoms with van der Waals surface area (Å²) in [4.78, 5) is 0. The fraction of sp³-hybridized carbons (Fsp3) is 1.00. The number of hydrogen-bond acceptors (Lipinski definition) is 1. The van der Waals surface area contributed by atoms with E-state index < -0.39 is 0 Å². The normalized spacial score (nSPS) is 34.5. The van der Waals surface area contributed by atoms with E-state index in [-0.39, 0.29) is 5.54 Å². The first-order valence-electron chi connectivity index (χ1n) is 5.12. The Balaban J connectivity index is 2.53. The van der Waals surface area contributed by atoms with Crippen LogP contribution in [0.25, 0.3) is 0 Å². The van der Waals surface area contributed by atoms with Crippen molar-refractivity contribution in [2.45, 2.75) is 58.9 Å². The molecule has 0 aromatic heterocycles. The lowest BCUT2D eigenvalue weighted by molar-refractivity contribution is 0.298. The topological polar surface area (TPSA) is 26.0 Å². The van der Waals surface area contributed by atoms with Crippen molar-refractivity contribution < 1.29 is 0 Å². The number of nitrogens with two attached hydrogens (primary N) is 1. The summed E-state index contributed by atoms with van der Waals surface area (Å²) < 4.78 is 0. The van der Waals surface area contributed by atoms with Gasteiger partial charge in [0.25, 0.3) is 0 Å². The Labute approximate surface area is 76.7 Å². The lowest BCUT2D eigenvalue weighted by Crippen LogP contribution is -2.38. The second kappa shape index (κ2) is 3.02. The summed E-state index contributed by atoms with van der Waals surface area (Å²) in [6, 6.07) is 0. The first-order chi connectivity index (χ1) is 5.33. The van der Waals surface area contributed by atoms with E-state index in [4.69, 9.17) is 5.73 Å². The fourth-order valence-corrected chi connectivity index (χ4v) is 2.70. The lowest BCUT2D eigenvalue weighted by Gasteiger charge is -2.28. The summed E-state index contributed by atoms with van der Waals surface area (Å²) >= 11 is 0. The highest BCUT2D eigenvalue weighted by Crippen LogP contribution is 2.44. The van der Waals surface area contributed by atoms with Crippen LogP contribution in [0.3, 0.4) is 0 Å². The molecule has 2 N–H and O–H groups in total. The minimum atomic E-state index is 0.150. The third-order valence-corrected chi connectivity index (χ3v) is 2.95. The van der Waals surface area contributed by atoms with E-state index in [0.29, 0.717) is 5.41 Å². The van der Waals surface area contributed by atoms with Crippen molar-refractivity contribution in [3.63, 3.8) is 0 Å². The van der Waals surface area contributed by atoms with E-state index in [1.807, 2.05) is 0 Å². The van der Waals surface area contributed by atoms with Crippen LogP contribution in [0, 0.1) is 11.3 Å². The Bertz CT molecular complexity index is 160. The molecule has 1 atom stereocenters. The molecule has 1 aliphatic rings. The van der Waals surface area contributed by atoms with Gasteiger partial charge >= 0.3 is 0 Å². The molecule has 0 aliphatic heterocycles. The first-order valence-corrected chi connectivity index (χ1v) is 5.12. The fourth-order valence-electron chi connectivity index (χ4n) is 2.70. The second-order valence-electron chi connectivity index (χ2n) is 5.80. The van der Waals surface area contributed by atoms with Crippen LogP contribution in [0.15, 0.2) is 0 Å². The van der Waals surface area contributed by atoms with Gasteiger partial charge in [0, 0.05) is 5.54 Å². The van der Waals surface area contributed by atoms with Gasteiger partial charge in [-0.3, -0.25) is 0 Å². The molecule has 1 fully saturated rings. The third kappa shape index (κ3) is 2.48. The van der Waals surface area contributed by atoms with Crippen molar-refractivity contribution in [3.05, 3.63) is 0 Å². The zero-order chi connectivity index (χ0) is 9.41. The van der Waals surface area contributed by atoms with E-state index in [2.05, 4.69) is 27.7 Å². The monoisotopic (exact) mass is 169 g/mol. The van der Waals surface area contributed by atoms with Crippen LogP contribution in [-0.2, 0) is 0 Å². The average molecular weight is 169 g/mol. The molecule has 1 aliphatic carbocycles. The number of hydrogen-bond donors (Lipinski definition) is 1. The molecule has 0 bridgehead atoms. The Morgan fingerprint density at radius 1 is 1.25 bits per heavy atom. The molecule has 0 amide bonds. The smallest absolute Gasteiger partial charge is 0.0162 e. The highest BCUT2D eigenvalue weighted by atomic mass is 14.8. The maximum atomic E-state index is 6.34. The van der Waals surface area contributed by atoms with Crippen LogP contribution >= 0.6 is 0 Å². The van der Waals surface area contributed by atoms with Crippen molar-refractivity contribution in [1.29, 1.82) is 0 Å². The standard InChI is InChI=1S/C11H23N/c1-9(2)7-11(12)6-5-10(3,4)8-11/h9H,5-8,12H2,1-4H3. The van der Waals surface area contributed by atoms with Crippen LogP contribution in [-0.4, -0.2) is 5.54 Å². The molecule has 1 unspecified atom stereocenters. The molecule has 0 aromatic carbocycles. The zero-order valence-corrected chi connectivity index (χ0v) is 8.98. The van der Waals surface area contributed by atoms with Gasteiger partial charge in [-0.05, 0) is 37.0 Å². The average Bonchev–Trinajstić information content (AvgIpc) is 2.03. The molecule has 0 spiro atoms. The molecule has 72 valence electrons. The van der Waals surface area contributed by atoms with Crippen molar-refractivity contribution in [3.8, 4) is 0 Å². The molecule has 0 radical (unpaired) electrons.